The van der Waals surface area contributed by atoms with Crippen molar-refractivity contribution in [2.45, 2.75) is 33.1 Å². The molecule has 0 aliphatic carbocycles. The molecule has 0 bridgehead atoms. The Morgan fingerprint density at radius 1 is 1.22 bits per heavy atom. The van der Waals surface area contributed by atoms with Crippen LogP contribution in [0.15, 0.2) is 40.9 Å². The second-order valence-corrected chi connectivity index (χ2v) is 8.59. The molecular formula is C21H23BrN2O3. The third-order valence-corrected chi connectivity index (χ3v) is 5.13. The normalized spacial score (nSPS) is 13.8. The van der Waals surface area contributed by atoms with E-state index < -0.39 is 0 Å². The van der Waals surface area contributed by atoms with Crippen LogP contribution < -0.4 is 15.0 Å². The van der Waals surface area contributed by atoms with Crippen LogP contribution in [0.2, 0.25) is 0 Å². The van der Waals surface area contributed by atoms with E-state index in [1.807, 2.05) is 43.3 Å². The van der Waals surface area contributed by atoms with E-state index in [9.17, 15) is 9.59 Å². The summed E-state index contributed by atoms with van der Waals surface area (Å²) >= 11 is 3.45. The average Bonchev–Trinajstić information content (AvgIpc) is 2.59. The molecule has 0 aromatic heterocycles. The van der Waals surface area contributed by atoms with E-state index in [4.69, 9.17) is 4.74 Å². The Kier molecular flexibility index (Phi) is 5.29. The summed E-state index contributed by atoms with van der Waals surface area (Å²) in [6.07, 6.45) is 0. The fraction of sp³-hybridized carbons (Fsp3) is 0.333. The molecule has 2 amide bonds. The first-order valence-corrected chi connectivity index (χ1v) is 9.58. The van der Waals surface area contributed by atoms with Crippen LogP contribution in [-0.2, 0) is 15.0 Å². The molecule has 0 radical (unpaired) electrons. The van der Waals surface area contributed by atoms with Crippen LogP contribution in [0.1, 0.15) is 31.9 Å². The van der Waals surface area contributed by atoms with Crippen molar-refractivity contribution >= 4 is 39.1 Å². The molecule has 1 aliphatic heterocycles. The zero-order valence-corrected chi connectivity index (χ0v) is 17.5. The standard InChI is InChI=1S/C21H23BrN2O3/c1-13-5-7-16(15(22)9-13)23-19(25)11-24-17-8-6-14(21(2,3)4)10-18(17)27-12-20(24)26/h5-10H,11-12H2,1-4H3,(H,23,25). The Hall–Kier alpha value is -2.34. The van der Waals surface area contributed by atoms with Crippen LogP contribution in [0.25, 0.3) is 0 Å². The van der Waals surface area contributed by atoms with E-state index >= 15 is 0 Å². The van der Waals surface area contributed by atoms with Crippen molar-refractivity contribution in [3.63, 3.8) is 0 Å². The van der Waals surface area contributed by atoms with Gasteiger partial charge in [-0.3, -0.25) is 14.5 Å². The van der Waals surface area contributed by atoms with E-state index in [2.05, 4.69) is 42.0 Å². The maximum Gasteiger partial charge on any atom is 0.265 e. The van der Waals surface area contributed by atoms with E-state index in [0.29, 0.717) is 17.1 Å². The van der Waals surface area contributed by atoms with Crippen molar-refractivity contribution < 1.29 is 14.3 Å². The van der Waals surface area contributed by atoms with Gasteiger partial charge in [-0.05, 0) is 63.7 Å². The summed E-state index contributed by atoms with van der Waals surface area (Å²) in [5.41, 5.74) is 3.47. The highest BCUT2D eigenvalue weighted by molar-refractivity contribution is 9.10. The Bertz CT molecular complexity index is 903. The minimum Gasteiger partial charge on any atom is -0.482 e. The van der Waals surface area contributed by atoms with Gasteiger partial charge in [-0.2, -0.15) is 0 Å². The number of nitrogens with one attached hydrogen (secondary N) is 1. The zero-order valence-electron chi connectivity index (χ0n) is 15.9. The lowest BCUT2D eigenvalue weighted by atomic mass is 9.86. The molecule has 0 fully saturated rings. The molecule has 5 nitrogen and oxygen atoms in total. The number of fused-ring (bicyclic) bond motifs is 1. The molecule has 0 saturated carbocycles. The molecule has 0 spiro atoms. The fourth-order valence-electron chi connectivity index (χ4n) is 2.90. The van der Waals surface area contributed by atoms with Crippen molar-refractivity contribution in [2.24, 2.45) is 0 Å². The summed E-state index contributed by atoms with van der Waals surface area (Å²) in [7, 11) is 0. The number of carbonyl (C=O) groups is 2. The van der Waals surface area contributed by atoms with Crippen molar-refractivity contribution in [1.82, 2.24) is 0 Å². The van der Waals surface area contributed by atoms with E-state index in [0.717, 1.165) is 15.6 Å². The number of hydrogen-bond acceptors (Lipinski definition) is 3. The number of hydrogen-bond donors (Lipinski definition) is 1. The van der Waals surface area contributed by atoms with Gasteiger partial charge in [0, 0.05) is 4.47 Å². The molecule has 2 aromatic rings. The monoisotopic (exact) mass is 430 g/mol. The topological polar surface area (TPSA) is 58.6 Å². The summed E-state index contributed by atoms with van der Waals surface area (Å²) in [4.78, 5) is 26.4. The lowest BCUT2D eigenvalue weighted by Crippen LogP contribution is -2.43. The summed E-state index contributed by atoms with van der Waals surface area (Å²) in [6, 6.07) is 11.5. The third-order valence-electron chi connectivity index (χ3n) is 4.47. The van der Waals surface area contributed by atoms with Gasteiger partial charge in [-0.1, -0.05) is 32.9 Å². The second-order valence-electron chi connectivity index (χ2n) is 7.73. The first-order chi connectivity index (χ1) is 12.6. The van der Waals surface area contributed by atoms with Crippen molar-refractivity contribution in [1.29, 1.82) is 0 Å². The third kappa shape index (κ3) is 4.33. The van der Waals surface area contributed by atoms with Gasteiger partial charge in [0.05, 0.1) is 11.4 Å². The van der Waals surface area contributed by atoms with Crippen molar-refractivity contribution in [3.8, 4) is 5.75 Å². The molecule has 1 N–H and O–H groups in total. The highest BCUT2D eigenvalue weighted by atomic mass is 79.9. The van der Waals surface area contributed by atoms with Gasteiger partial charge < -0.3 is 10.1 Å². The predicted molar refractivity (Wildman–Crippen MR) is 110 cm³/mol. The lowest BCUT2D eigenvalue weighted by molar-refractivity contribution is -0.123. The van der Waals surface area contributed by atoms with Crippen LogP contribution in [0.5, 0.6) is 5.75 Å². The Labute approximate surface area is 167 Å². The molecule has 0 unspecified atom stereocenters. The summed E-state index contributed by atoms with van der Waals surface area (Å²) in [5, 5.41) is 2.85. The van der Waals surface area contributed by atoms with Gasteiger partial charge in [0.1, 0.15) is 12.3 Å². The zero-order chi connectivity index (χ0) is 19.8. The molecule has 2 aromatic carbocycles. The number of amides is 2. The summed E-state index contributed by atoms with van der Waals surface area (Å²) < 4.78 is 6.41. The molecule has 1 heterocycles. The smallest absolute Gasteiger partial charge is 0.265 e. The van der Waals surface area contributed by atoms with Crippen LogP contribution in [-0.4, -0.2) is 25.0 Å². The quantitative estimate of drug-likeness (QED) is 0.783. The molecule has 27 heavy (non-hydrogen) atoms. The van der Waals surface area contributed by atoms with Crippen LogP contribution in [0, 0.1) is 6.92 Å². The highest BCUT2D eigenvalue weighted by Crippen LogP contribution is 2.36. The van der Waals surface area contributed by atoms with Gasteiger partial charge in [-0.15, -0.1) is 0 Å². The SMILES string of the molecule is Cc1ccc(NC(=O)CN2C(=O)COc3cc(C(C)(C)C)ccc32)c(Br)c1. The number of anilines is 2. The minimum atomic E-state index is -0.263. The lowest BCUT2D eigenvalue weighted by Gasteiger charge is -2.30. The van der Waals surface area contributed by atoms with Crippen molar-refractivity contribution in [2.75, 3.05) is 23.4 Å². The molecular weight excluding hydrogens is 408 g/mol. The number of rotatable bonds is 3. The van der Waals surface area contributed by atoms with Crippen LogP contribution >= 0.6 is 15.9 Å². The molecule has 6 heteroatoms. The number of carbonyl (C=O) groups excluding carboxylic acids is 2. The first kappa shape index (κ1) is 19.4. The summed E-state index contributed by atoms with van der Waals surface area (Å²) in [6.45, 7) is 8.20. The maximum absolute atomic E-state index is 12.5. The first-order valence-electron chi connectivity index (χ1n) is 8.79. The molecule has 0 saturated heterocycles. The Morgan fingerprint density at radius 3 is 2.63 bits per heavy atom. The Balaban J connectivity index is 1.80. The number of nitrogens with zero attached hydrogens (tertiary/aromatic N) is 1. The highest BCUT2D eigenvalue weighted by Gasteiger charge is 2.29. The predicted octanol–water partition coefficient (Wildman–Crippen LogP) is 4.42. The number of benzene rings is 2. The number of ether oxygens (including phenoxy) is 1. The van der Waals surface area contributed by atoms with E-state index in [1.165, 1.54) is 4.90 Å². The van der Waals surface area contributed by atoms with Gasteiger partial charge in [0.25, 0.3) is 5.91 Å². The Morgan fingerprint density at radius 2 is 1.96 bits per heavy atom. The molecule has 3 rings (SSSR count). The van der Waals surface area contributed by atoms with Gasteiger partial charge in [0.2, 0.25) is 5.91 Å². The molecule has 1 aliphatic rings. The second kappa shape index (κ2) is 7.35. The number of halogens is 1. The van der Waals surface area contributed by atoms with Gasteiger partial charge in [0.15, 0.2) is 6.61 Å². The van der Waals surface area contributed by atoms with Crippen molar-refractivity contribution in [3.05, 3.63) is 52.0 Å². The average molecular weight is 431 g/mol. The maximum atomic E-state index is 12.5. The summed E-state index contributed by atoms with van der Waals surface area (Å²) in [5.74, 6) is 0.135. The van der Waals surface area contributed by atoms with Gasteiger partial charge >= 0.3 is 0 Å². The number of aryl methyl sites for hydroxylation is 1. The molecule has 0 atom stereocenters. The largest absolute Gasteiger partial charge is 0.482 e. The fourth-order valence-corrected chi connectivity index (χ4v) is 3.49. The molecule has 142 valence electrons. The van der Waals surface area contributed by atoms with Gasteiger partial charge in [-0.25, -0.2) is 0 Å². The van der Waals surface area contributed by atoms with E-state index in [-0.39, 0.29) is 30.4 Å². The van der Waals surface area contributed by atoms with Crippen LogP contribution in [0.4, 0.5) is 11.4 Å². The van der Waals surface area contributed by atoms with Crippen LogP contribution in [0.3, 0.4) is 0 Å². The van der Waals surface area contributed by atoms with E-state index in [1.54, 1.807) is 0 Å². The minimum absolute atomic E-state index is 0.0280.